The first kappa shape index (κ1) is 46.7. The van der Waals surface area contributed by atoms with E-state index in [1.165, 1.54) is 19.8 Å². The SMILES string of the molecule is CCCc1ncc(C2Oc3cc(-c4cnc([C@@H]5CCCN5C(=O)[C@@H](NC(=O)OC)C(C)C)[nH]4)cc(C)c3C3Cc4cc(-c5cnc([C@@H]6CCCN6C(=O)[C@@H](NC(=O)OC)C(C)C)[nH]5)ccc4N32)s1. The van der Waals surface area contributed by atoms with Crippen LogP contribution in [0.4, 0.5) is 15.3 Å². The Bertz CT molecular complexity index is 2690. The van der Waals surface area contributed by atoms with Crippen LogP contribution in [-0.4, -0.2) is 98.1 Å². The molecule has 0 bridgehead atoms. The summed E-state index contributed by atoms with van der Waals surface area (Å²) in [7, 11) is 2.59. The summed E-state index contributed by atoms with van der Waals surface area (Å²) in [5, 5.41) is 6.54. The lowest BCUT2D eigenvalue weighted by Gasteiger charge is -2.41. The van der Waals surface area contributed by atoms with E-state index in [2.05, 4.69) is 69.7 Å². The molecule has 360 valence electrons. The largest absolute Gasteiger partial charge is 0.465 e. The number of amides is 4. The Morgan fingerprint density at radius 2 is 1.38 bits per heavy atom. The Morgan fingerprint density at radius 3 is 1.94 bits per heavy atom. The van der Waals surface area contributed by atoms with Gasteiger partial charge in [0.15, 0.2) is 0 Å². The van der Waals surface area contributed by atoms with Gasteiger partial charge in [0.2, 0.25) is 18.0 Å². The molecule has 2 saturated heterocycles. The number of methoxy groups -OCH3 is 2. The zero-order chi connectivity index (χ0) is 48.0. The topological polar surface area (TPSA) is 200 Å². The number of alkyl carbamates (subject to hydrolysis) is 2. The molecule has 2 unspecified atom stereocenters. The molecule has 18 heteroatoms. The predicted molar refractivity (Wildman–Crippen MR) is 257 cm³/mol. The van der Waals surface area contributed by atoms with Crippen LogP contribution < -0.4 is 20.3 Å². The fraction of sp³-hybridized carbons (Fsp3) is 0.500. The number of carbonyl (C=O) groups is 4. The van der Waals surface area contributed by atoms with Gasteiger partial charge in [-0.05, 0) is 105 Å². The smallest absolute Gasteiger partial charge is 0.407 e. The molecule has 3 aromatic heterocycles. The molecule has 6 atom stereocenters. The molecule has 17 nitrogen and oxygen atoms in total. The van der Waals surface area contributed by atoms with Crippen LogP contribution in [0.1, 0.15) is 129 Å². The number of carbonyl (C=O) groups excluding carboxylic acids is 4. The van der Waals surface area contributed by atoms with Crippen LogP contribution in [0.15, 0.2) is 48.9 Å². The van der Waals surface area contributed by atoms with E-state index in [9.17, 15) is 19.2 Å². The standard InChI is InChI=1S/C50H62N10O7S/c1-9-12-40-51-25-39(68-40)48-60-34-16-15-29(32-23-52-44(54-32)35-13-10-17-58(35)46(61)42(26(2)3)56-49(63)65-7)20-31(34)21-37(60)41-28(6)19-30(22-38(41)67-48)33-24-53-45(55-33)36-14-11-18-59(36)47(62)43(27(4)5)57-50(64)66-8/h15-16,19-20,22-27,35-37,42-43,48H,9-14,17-18,21H2,1-8H3,(H,52,54)(H,53,55)(H,56,63)(H,57,64)/t35-,36-,37?,42-,43-,48?/m0/s1. The fourth-order valence-corrected chi connectivity index (χ4v) is 11.5. The number of nitrogens with one attached hydrogen (secondary N) is 4. The van der Waals surface area contributed by atoms with E-state index < -0.39 is 30.5 Å². The number of aromatic nitrogens is 5. The van der Waals surface area contributed by atoms with Crippen molar-refractivity contribution in [3.63, 3.8) is 0 Å². The number of hydrogen-bond donors (Lipinski definition) is 4. The number of likely N-dealkylation sites (tertiary alicyclic amines) is 2. The van der Waals surface area contributed by atoms with Gasteiger partial charge < -0.3 is 49.5 Å². The second-order valence-corrected chi connectivity index (χ2v) is 20.2. The third-order valence-corrected chi connectivity index (χ3v) is 14.9. The maximum absolute atomic E-state index is 13.9. The summed E-state index contributed by atoms with van der Waals surface area (Å²) in [5.41, 5.74) is 8.12. The summed E-state index contributed by atoms with van der Waals surface area (Å²) in [4.78, 5) is 80.7. The minimum Gasteiger partial charge on any atom is -0.465 e. The number of fused-ring (bicyclic) bond motifs is 5. The van der Waals surface area contributed by atoms with Gasteiger partial charge in [0.05, 0.1) is 66.0 Å². The highest BCUT2D eigenvalue weighted by molar-refractivity contribution is 7.11. The van der Waals surface area contributed by atoms with Gasteiger partial charge in [-0.3, -0.25) is 9.59 Å². The summed E-state index contributed by atoms with van der Waals surface area (Å²) in [6.07, 6.45) is 9.80. The molecule has 4 aliphatic heterocycles. The first-order valence-corrected chi connectivity index (χ1v) is 24.7. The summed E-state index contributed by atoms with van der Waals surface area (Å²) >= 11 is 1.69. The van der Waals surface area contributed by atoms with Crippen molar-refractivity contribution >= 4 is 41.0 Å². The van der Waals surface area contributed by atoms with E-state index in [0.29, 0.717) is 18.9 Å². The summed E-state index contributed by atoms with van der Waals surface area (Å²) in [6, 6.07) is 8.89. The zero-order valence-electron chi connectivity index (χ0n) is 40.1. The van der Waals surface area contributed by atoms with E-state index in [1.807, 2.05) is 56.1 Å². The van der Waals surface area contributed by atoms with Crippen LogP contribution in [0.25, 0.3) is 22.5 Å². The molecule has 4 aliphatic rings. The number of aryl methyl sites for hydroxylation is 2. The second-order valence-electron chi connectivity index (χ2n) is 19.0. The molecule has 4 amide bonds. The number of hydrogen-bond acceptors (Lipinski definition) is 12. The maximum atomic E-state index is 13.9. The van der Waals surface area contributed by atoms with Gasteiger partial charge >= 0.3 is 12.2 Å². The molecule has 0 aliphatic carbocycles. The summed E-state index contributed by atoms with van der Waals surface area (Å²) in [5.74, 6) is 1.67. The molecule has 2 aromatic carbocycles. The molecule has 2 fully saturated rings. The normalized spacial score (nSPS) is 20.5. The molecule has 5 aromatic rings. The molecule has 4 N–H and O–H groups in total. The minimum absolute atomic E-state index is 0.00875. The van der Waals surface area contributed by atoms with Crippen LogP contribution in [0.5, 0.6) is 5.75 Å². The van der Waals surface area contributed by atoms with Crippen LogP contribution >= 0.6 is 11.3 Å². The number of H-pyrrole nitrogens is 2. The molecule has 0 saturated carbocycles. The van der Waals surface area contributed by atoms with Crippen LogP contribution in [0, 0.1) is 18.8 Å². The van der Waals surface area contributed by atoms with E-state index in [1.54, 1.807) is 11.3 Å². The van der Waals surface area contributed by atoms with Crippen molar-refractivity contribution in [3.05, 3.63) is 87.1 Å². The summed E-state index contributed by atoms with van der Waals surface area (Å²) in [6.45, 7) is 13.1. The van der Waals surface area contributed by atoms with Crippen molar-refractivity contribution in [2.24, 2.45) is 11.8 Å². The number of aromatic amines is 2. The Kier molecular flexibility index (Phi) is 13.2. The highest BCUT2D eigenvalue weighted by atomic mass is 32.1. The highest BCUT2D eigenvalue weighted by Gasteiger charge is 2.45. The van der Waals surface area contributed by atoms with Crippen molar-refractivity contribution < 1.29 is 33.4 Å². The van der Waals surface area contributed by atoms with Crippen molar-refractivity contribution in [1.82, 2.24) is 45.4 Å². The average molecular weight is 947 g/mol. The molecule has 7 heterocycles. The second kappa shape index (κ2) is 19.3. The third kappa shape index (κ3) is 8.78. The molecule has 68 heavy (non-hydrogen) atoms. The number of ether oxygens (including phenoxy) is 3. The lowest BCUT2D eigenvalue weighted by atomic mass is 9.92. The Balaban J connectivity index is 0.996. The van der Waals surface area contributed by atoms with E-state index >= 15 is 0 Å². The van der Waals surface area contributed by atoms with Gasteiger partial charge in [0.25, 0.3) is 0 Å². The molecule has 9 rings (SSSR count). The van der Waals surface area contributed by atoms with E-state index in [0.717, 1.165) is 106 Å². The van der Waals surface area contributed by atoms with Gasteiger partial charge in [-0.25, -0.2) is 24.5 Å². The van der Waals surface area contributed by atoms with Gasteiger partial charge in [0, 0.05) is 36.1 Å². The predicted octanol–water partition coefficient (Wildman–Crippen LogP) is 8.47. The van der Waals surface area contributed by atoms with Crippen LogP contribution in [0.2, 0.25) is 0 Å². The molecule has 0 radical (unpaired) electrons. The van der Waals surface area contributed by atoms with Gasteiger partial charge in [-0.1, -0.05) is 40.7 Å². The maximum Gasteiger partial charge on any atom is 0.407 e. The molecular formula is C50H62N10O7S. The number of anilines is 1. The number of benzene rings is 2. The number of nitrogens with zero attached hydrogens (tertiary/aromatic N) is 6. The Morgan fingerprint density at radius 1 is 0.794 bits per heavy atom. The van der Waals surface area contributed by atoms with Crippen LogP contribution in [-0.2, 0) is 31.9 Å². The van der Waals surface area contributed by atoms with Crippen molar-refractivity contribution in [1.29, 1.82) is 0 Å². The Labute approximate surface area is 400 Å². The van der Waals surface area contributed by atoms with Crippen molar-refractivity contribution in [2.45, 2.75) is 123 Å². The van der Waals surface area contributed by atoms with Gasteiger partial charge in [-0.15, -0.1) is 11.3 Å². The number of imidazole rings is 2. The lowest BCUT2D eigenvalue weighted by Crippen LogP contribution is -2.51. The van der Waals surface area contributed by atoms with Crippen molar-refractivity contribution in [2.75, 3.05) is 32.2 Å². The fourth-order valence-electron chi connectivity index (χ4n) is 10.5. The molecular weight excluding hydrogens is 885 g/mol. The van der Waals surface area contributed by atoms with Crippen molar-refractivity contribution in [3.8, 4) is 28.3 Å². The van der Waals surface area contributed by atoms with E-state index in [-0.39, 0.29) is 41.8 Å². The Hall–Kier alpha value is -6.43. The first-order chi connectivity index (χ1) is 32.8. The van der Waals surface area contributed by atoms with Gasteiger partial charge in [0.1, 0.15) is 29.5 Å². The first-order valence-electron chi connectivity index (χ1n) is 23.9. The zero-order valence-corrected chi connectivity index (χ0v) is 40.9. The highest BCUT2D eigenvalue weighted by Crippen LogP contribution is 2.54. The third-order valence-electron chi connectivity index (χ3n) is 13.9. The van der Waals surface area contributed by atoms with E-state index in [4.69, 9.17) is 29.2 Å². The molecule has 0 spiro atoms. The monoisotopic (exact) mass is 946 g/mol. The minimum atomic E-state index is -0.719. The van der Waals surface area contributed by atoms with Gasteiger partial charge in [-0.2, -0.15) is 0 Å². The lowest BCUT2D eigenvalue weighted by molar-refractivity contribution is -0.136. The number of rotatable bonds is 13. The average Bonchev–Trinajstić information content (AvgIpc) is 4.19. The summed E-state index contributed by atoms with van der Waals surface area (Å²) < 4.78 is 16.8. The number of thiazole rings is 1. The quantitative estimate of drug-likeness (QED) is 0.0883. The van der Waals surface area contributed by atoms with Crippen LogP contribution in [0.3, 0.4) is 0 Å².